The number of pyridine rings is 1. The number of nitrogen functional groups attached to an aromatic ring is 1. The Balaban J connectivity index is 2.39. The molecule has 0 radical (unpaired) electrons. The van der Waals surface area contributed by atoms with Crippen LogP contribution in [0.25, 0.3) is 0 Å². The average Bonchev–Trinajstić information content (AvgIpc) is 2.80. The largest absolute Gasteiger partial charge is 0.465 e. The van der Waals surface area contributed by atoms with E-state index < -0.39 is 5.97 Å². The molecule has 20 heavy (non-hydrogen) atoms. The van der Waals surface area contributed by atoms with E-state index in [0.29, 0.717) is 16.7 Å². The maximum atomic E-state index is 11.5. The third-order valence-corrected chi connectivity index (χ3v) is 3.60. The molecule has 8 nitrogen and oxygen atoms in total. The number of hydrogen-bond acceptors (Lipinski definition) is 7. The van der Waals surface area contributed by atoms with Crippen LogP contribution >= 0.6 is 11.8 Å². The molecule has 0 aliphatic carbocycles. The van der Waals surface area contributed by atoms with Crippen molar-refractivity contribution in [1.29, 1.82) is 0 Å². The molecule has 0 atom stereocenters. The molecular weight excluding hydrogens is 282 g/mol. The molecular formula is C11H13N5O3S. The highest BCUT2D eigenvalue weighted by molar-refractivity contribution is 7.99. The molecule has 0 spiro atoms. The topological polar surface area (TPSA) is 116 Å². The summed E-state index contributed by atoms with van der Waals surface area (Å²) >= 11 is 1.11. The summed E-state index contributed by atoms with van der Waals surface area (Å²) in [7, 11) is 1.28. The SMILES string of the molecule is CCn1c(Sc2nccc(C(=O)OC)c2N)n[nH]c1=O. The number of nitrogens with two attached hydrogens (primary N) is 1. The van der Waals surface area contributed by atoms with E-state index in [-0.39, 0.29) is 16.9 Å². The summed E-state index contributed by atoms with van der Waals surface area (Å²) in [6.45, 7) is 2.29. The van der Waals surface area contributed by atoms with Gasteiger partial charge in [-0.15, -0.1) is 5.10 Å². The zero-order valence-electron chi connectivity index (χ0n) is 10.9. The highest BCUT2D eigenvalue weighted by Crippen LogP contribution is 2.30. The van der Waals surface area contributed by atoms with Crippen molar-refractivity contribution >= 4 is 23.4 Å². The summed E-state index contributed by atoms with van der Waals surface area (Å²) in [4.78, 5) is 27.1. The molecule has 9 heteroatoms. The van der Waals surface area contributed by atoms with Gasteiger partial charge in [0.15, 0.2) is 5.16 Å². The number of esters is 1. The van der Waals surface area contributed by atoms with Gasteiger partial charge in [0, 0.05) is 12.7 Å². The molecule has 0 unspecified atom stereocenters. The van der Waals surface area contributed by atoms with Crippen LogP contribution in [0.2, 0.25) is 0 Å². The van der Waals surface area contributed by atoms with Crippen LogP contribution in [0.15, 0.2) is 27.2 Å². The lowest BCUT2D eigenvalue weighted by Crippen LogP contribution is -2.16. The quantitative estimate of drug-likeness (QED) is 0.789. The normalized spacial score (nSPS) is 10.5. The predicted octanol–water partition coefficient (Wildman–Crippen LogP) is 0.506. The summed E-state index contributed by atoms with van der Waals surface area (Å²) < 4.78 is 6.08. The molecule has 0 saturated carbocycles. The number of aromatic amines is 1. The summed E-state index contributed by atoms with van der Waals surface area (Å²) in [6.07, 6.45) is 1.45. The zero-order valence-corrected chi connectivity index (χ0v) is 11.7. The predicted molar refractivity (Wildman–Crippen MR) is 72.6 cm³/mol. The van der Waals surface area contributed by atoms with Gasteiger partial charge >= 0.3 is 11.7 Å². The third-order valence-electron chi connectivity index (χ3n) is 2.59. The lowest BCUT2D eigenvalue weighted by molar-refractivity contribution is 0.0601. The number of carbonyl (C=O) groups excluding carboxylic acids is 1. The van der Waals surface area contributed by atoms with Gasteiger partial charge in [-0.05, 0) is 24.8 Å². The Morgan fingerprint density at radius 3 is 3.00 bits per heavy atom. The zero-order chi connectivity index (χ0) is 14.7. The summed E-state index contributed by atoms with van der Waals surface area (Å²) in [6, 6.07) is 1.47. The van der Waals surface area contributed by atoms with Crippen molar-refractivity contribution < 1.29 is 9.53 Å². The fourth-order valence-electron chi connectivity index (χ4n) is 1.57. The minimum atomic E-state index is -0.540. The smallest absolute Gasteiger partial charge is 0.343 e. The first-order valence-corrected chi connectivity index (χ1v) is 6.56. The molecule has 0 aliphatic rings. The van der Waals surface area contributed by atoms with Gasteiger partial charge in [0.25, 0.3) is 0 Å². The first kappa shape index (κ1) is 14.1. The fraction of sp³-hybridized carbons (Fsp3) is 0.273. The minimum absolute atomic E-state index is 0.197. The molecule has 2 heterocycles. The Bertz CT molecular complexity index is 694. The van der Waals surface area contributed by atoms with Crippen LogP contribution in [0.1, 0.15) is 17.3 Å². The van der Waals surface area contributed by atoms with Gasteiger partial charge in [0.05, 0.1) is 18.4 Å². The molecule has 0 fully saturated rings. The van der Waals surface area contributed by atoms with Crippen molar-refractivity contribution in [3.05, 3.63) is 28.3 Å². The van der Waals surface area contributed by atoms with Crippen LogP contribution < -0.4 is 11.4 Å². The van der Waals surface area contributed by atoms with Crippen LogP contribution in [-0.2, 0) is 11.3 Å². The second-order valence-electron chi connectivity index (χ2n) is 3.73. The van der Waals surface area contributed by atoms with Crippen LogP contribution in [-0.4, -0.2) is 32.8 Å². The van der Waals surface area contributed by atoms with Crippen molar-refractivity contribution in [1.82, 2.24) is 19.7 Å². The second kappa shape index (κ2) is 5.78. The van der Waals surface area contributed by atoms with Crippen LogP contribution in [0.3, 0.4) is 0 Å². The number of aromatic nitrogens is 4. The van der Waals surface area contributed by atoms with Gasteiger partial charge in [-0.1, -0.05) is 0 Å². The van der Waals surface area contributed by atoms with E-state index in [1.165, 1.54) is 23.9 Å². The van der Waals surface area contributed by atoms with E-state index in [0.717, 1.165) is 11.8 Å². The maximum Gasteiger partial charge on any atom is 0.343 e. The van der Waals surface area contributed by atoms with Gasteiger partial charge in [-0.3, -0.25) is 4.57 Å². The monoisotopic (exact) mass is 295 g/mol. The van der Waals surface area contributed by atoms with Gasteiger partial charge in [-0.25, -0.2) is 19.7 Å². The Kier molecular flexibility index (Phi) is 4.08. The number of rotatable bonds is 4. The van der Waals surface area contributed by atoms with Crippen molar-refractivity contribution in [2.45, 2.75) is 23.7 Å². The Labute approximate surface area is 118 Å². The first-order valence-electron chi connectivity index (χ1n) is 5.74. The molecule has 0 bridgehead atoms. The Morgan fingerprint density at radius 1 is 1.60 bits per heavy atom. The second-order valence-corrected chi connectivity index (χ2v) is 4.68. The molecule has 0 amide bonds. The fourth-order valence-corrected chi connectivity index (χ4v) is 2.49. The molecule has 2 rings (SSSR count). The van der Waals surface area contributed by atoms with E-state index in [1.54, 1.807) is 0 Å². The van der Waals surface area contributed by atoms with Gasteiger partial charge < -0.3 is 10.5 Å². The lowest BCUT2D eigenvalue weighted by atomic mass is 10.2. The van der Waals surface area contributed by atoms with Crippen molar-refractivity contribution in [2.24, 2.45) is 0 Å². The van der Waals surface area contributed by atoms with Gasteiger partial charge in [0.2, 0.25) is 0 Å². The maximum absolute atomic E-state index is 11.5. The molecule has 0 aliphatic heterocycles. The number of H-pyrrole nitrogens is 1. The summed E-state index contributed by atoms with van der Waals surface area (Å²) in [5.74, 6) is -0.540. The van der Waals surface area contributed by atoms with Crippen LogP contribution in [0.4, 0.5) is 5.69 Å². The molecule has 3 N–H and O–H groups in total. The molecule has 2 aromatic heterocycles. The van der Waals surface area contributed by atoms with Gasteiger partial charge in [-0.2, -0.15) is 0 Å². The summed E-state index contributed by atoms with van der Waals surface area (Å²) in [5.41, 5.74) is 6.01. The number of methoxy groups -OCH3 is 1. The van der Waals surface area contributed by atoms with E-state index in [1.807, 2.05) is 6.92 Å². The standard InChI is InChI=1S/C11H13N5O3S/c1-3-16-10(18)14-15-11(16)20-8-7(12)6(4-5-13-8)9(17)19-2/h4-5H,3,12H2,1-2H3,(H,14,18). The Hall–Kier alpha value is -2.29. The average molecular weight is 295 g/mol. The van der Waals surface area contributed by atoms with Crippen molar-refractivity contribution in [3.63, 3.8) is 0 Å². The minimum Gasteiger partial charge on any atom is -0.465 e. The third kappa shape index (κ3) is 2.52. The van der Waals surface area contributed by atoms with E-state index in [2.05, 4.69) is 19.9 Å². The van der Waals surface area contributed by atoms with E-state index >= 15 is 0 Å². The Morgan fingerprint density at radius 2 is 2.35 bits per heavy atom. The number of anilines is 1. The number of nitrogens with one attached hydrogen (secondary N) is 1. The summed E-state index contributed by atoms with van der Waals surface area (Å²) in [5, 5.41) is 7.07. The molecule has 106 valence electrons. The highest BCUT2D eigenvalue weighted by Gasteiger charge is 2.17. The van der Waals surface area contributed by atoms with Crippen molar-refractivity contribution in [3.8, 4) is 0 Å². The number of ether oxygens (including phenoxy) is 1. The van der Waals surface area contributed by atoms with Crippen LogP contribution in [0.5, 0.6) is 0 Å². The molecule has 2 aromatic rings. The molecule has 0 saturated heterocycles. The highest BCUT2D eigenvalue weighted by atomic mass is 32.2. The first-order chi connectivity index (χ1) is 9.58. The van der Waals surface area contributed by atoms with E-state index in [9.17, 15) is 9.59 Å². The van der Waals surface area contributed by atoms with Gasteiger partial charge in [0.1, 0.15) is 5.03 Å². The number of nitrogens with zero attached hydrogens (tertiary/aromatic N) is 3. The number of carbonyl (C=O) groups is 1. The molecule has 0 aromatic carbocycles. The van der Waals surface area contributed by atoms with E-state index in [4.69, 9.17) is 5.73 Å². The van der Waals surface area contributed by atoms with Crippen molar-refractivity contribution in [2.75, 3.05) is 12.8 Å². The lowest BCUT2D eigenvalue weighted by Gasteiger charge is -2.07. The van der Waals surface area contributed by atoms with Crippen LogP contribution in [0, 0.1) is 0 Å². The number of hydrogen-bond donors (Lipinski definition) is 2.